The molecule has 0 radical (unpaired) electrons. The number of nitro benzene ring substituents is 1. The molecule has 7 nitrogen and oxygen atoms in total. The number of halogens is 1. The molecule has 1 aliphatic carbocycles. The number of carbonyl (C=O) groups excluding carboxylic acids is 2. The van der Waals surface area contributed by atoms with E-state index in [9.17, 15) is 24.1 Å². The quantitative estimate of drug-likeness (QED) is 0.407. The molecular weight excluding hydrogens is 445 g/mol. The zero-order valence-corrected chi connectivity index (χ0v) is 19.4. The molecule has 9 heteroatoms. The van der Waals surface area contributed by atoms with E-state index < -0.39 is 11.0 Å². The molecule has 2 aromatic carbocycles. The Morgan fingerprint density at radius 2 is 1.73 bits per heavy atom. The molecule has 0 spiro atoms. The van der Waals surface area contributed by atoms with E-state index in [1.165, 1.54) is 40.9 Å². The molecule has 1 fully saturated rings. The van der Waals surface area contributed by atoms with Crippen molar-refractivity contribution in [2.75, 3.05) is 5.75 Å². The van der Waals surface area contributed by atoms with Crippen molar-refractivity contribution in [2.45, 2.75) is 57.0 Å². The van der Waals surface area contributed by atoms with Crippen molar-refractivity contribution in [3.8, 4) is 0 Å². The molecule has 0 bridgehead atoms. The summed E-state index contributed by atoms with van der Waals surface area (Å²) in [6.07, 6.45) is 4.10. The van der Waals surface area contributed by atoms with Gasteiger partial charge in [-0.05, 0) is 43.0 Å². The van der Waals surface area contributed by atoms with E-state index in [1.54, 1.807) is 31.2 Å². The van der Waals surface area contributed by atoms with Gasteiger partial charge in [-0.2, -0.15) is 0 Å². The van der Waals surface area contributed by atoms with Gasteiger partial charge in [0.05, 0.1) is 10.7 Å². The lowest BCUT2D eigenvalue weighted by molar-refractivity contribution is -0.384. The Hall–Kier alpha value is -2.94. The monoisotopic (exact) mass is 473 g/mol. The Morgan fingerprint density at radius 1 is 1.12 bits per heavy atom. The predicted octanol–water partition coefficient (Wildman–Crippen LogP) is 4.44. The van der Waals surface area contributed by atoms with Crippen LogP contribution in [0.5, 0.6) is 0 Å². The molecule has 1 atom stereocenters. The summed E-state index contributed by atoms with van der Waals surface area (Å²) in [4.78, 5) is 37.8. The molecule has 0 unspecified atom stereocenters. The van der Waals surface area contributed by atoms with Crippen LogP contribution >= 0.6 is 11.8 Å². The lowest BCUT2D eigenvalue weighted by Gasteiger charge is -2.29. The number of hydrogen-bond donors (Lipinski definition) is 1. The van der Waals surface area contributed by atoms with E-state index >= 15 is 0 Å². The van der Waals surface area contributed by atoms with Gasteiger partial charge in [0.1, 0.15) is 11.9 Å². The minimum Gasteiger partial charge on any atom is -0.352 e. The first-order chi connectivity index (χ1) is 15.8. The summed E-state index contributed by atoms with van der Waals surface area (Å²) in [5.74, 6) is -0.0731. The number of non-ortho nitro benzene ring substituents is 1. The van der Waals surface area contributed by atoms with Gasteiger partial charge in [-0.25, -0.2) is 4.39 Å². The van der Waals surface area contributed by atoms with Crippen LogP contribution in [-0.4, -0.2) is 39.5 Å². The maximum atomic E-state index is 13.3. The number of hydrogen-bond acceptors (Lipinski definition) is 5. The second-order valence-electron chi connectivity index (χ2n) is 8.23. The normalized spacial score (nSPS) is 14.6. The summed E-state index contributed by atoms with van der Waals surface area (Å²) in [5.41, 5.74) is 1.63. The van der Waals surface area contributed by atoms with E-state index in [4.69, 9.17) is 0 Å². The van der Waals surface area contributed by atoms with Crippen molar-refractivity contribution in [1.82, 2.24) is 10.2 Å². The summed E-state index contributed by atoms with van der Waals surface area (Å²) in [6, 6.07) is 11.6. The summed E-state index contributed by atoms with van der Waals surface area (Å²) in [7, 11) is 0. The third-order valence-electron chi connectivity index (χ3n) is 5.78. The van der Waals surface area contributed by atoms with Crippen molar-refractivity contribution >= 4 is 29.3 Å². The van der Waals surface area contributed by atoms with E-state index in [2.05, 4.69) is 5.32 Å². The summed E-state index contributed by atoms with van der Waals surface area (Å²) < 4.78 is 13.3. The molecule has 0 aliphatic heterocycles. The van der Waals surface area contributed by atoms with Crippen molar-refractivity contribution < 1.29 is 18.9 Å². The second kappa shape index (κ2) is 11.8. The van der Waals surface area contributed by atoms with Crippen LogP contribution in [0.15, 0.2) is 48.5 Å². The van der Waals surface area contributed by atoms with E-state index in [0.29, 0.717) is 5.75 Å². The highest BCUT2D eigenvalue weighted by molar-refractivity contribution is 7.99. The Kier molecular flexibility index (Phi) is 8.82. The minimum absolute atomic E-state index is 0.0207. The molecule has 0 saturated heterocycles. The molecule has 0 aromatic heterocycles. The summed E-state index contributed by atoms with van der Waals surface area (Å²) in [6.45, 7) is 1.92. The molecule has 33 heavy (non-hydrogen) atoms. The SMILES string of the molecule is C[C@@H](C(=O)NC1CCCC1)N(Cc1ccc(F)cc1)C(=O)CSCc1ccc([N+](=O)[O-])cc1. The van der Waals surface area contributed by atoms with Gasteiger partial charge in [0.15, 0.2) is 0 Å². The number of thioether (sulfide) groups is 1. The summed E-state index contributed by atoms with van der Waals surface area (Å²) >= 11 is 1.38. The van der Waals surface area contributed by atoms with Crippen LogP contribution in [0.25, 0.3) is 0 Å². The Bertz CT molecular complexity index is 963. The fraction of sp³-hybridized carbons (Fsp3) is 0.417. The van der Waals surface area contributed by atoms with Crippen LogP contribution < -0.4 is 5.32 Å². The Morgan fingerprint density at radius 3 is 2.33 bits per heavy atom. The summed E-state index contributed by atoms with van der Waals surface area (Å²) in [5, 5.41) is 13.8. The van der Waals surface area contributed by atoms with Crippen LogP contribution in [-0.2, 0) is 21.9 Å². The molecular formula is C24H28FN3O4S. The van der Waals surface area contributed by atoms with Gasteiger partial charge in [0.25, 0.3) is 5.69 Å². The Labute approximate surface area is 196 Å². The highest BCUT2D eigenvalue weighted by Crippen LogP contribution is 2.20. The number of nitrogens with one attached hydrogen (secondary N) is 1. The van der Waals surface area contributed by atoms with Crippen molar-refractivity contribution in [1.29, 1.82) is 0 Å². The lowest BCUT2D eigenvalue weighted by atomic mass is 10.1. The van der Waals surface area contributed by atoms with Crippen molar-refractivity contribution in [3.05, 3.63) is 75.6 Å². The Balaban J connectivity index is 1.63. The number of benzene rings is 2. The first-order valence-electron chi connectivity index (χ1n) is 11.0. The van der Waals surface area contributed by atoms with Gasteiger partial charge >= 0.3 is 0 Å². The second-order valence-corrected chi connectivity index (χ2v) is 9.22. The zero-order chi connectivity index (χ0) is 23.8. The first-order valence-corrected chi connectivity index (χ1v) is 12.1. The molecule has 2 amide bonds. The molecule has 2 aromatic rings. The molecule has 0 heterocycles. The molecule has 3 rings (SSSR count). The van der Waals surface area contributed by atoms with Crippen molar-refractivity contribution in [3.63, 3.8) is 0 Å². The number of nitro groups is 1. The molecule has 176 valence electrons. The predicted molar refractivity (Wildman–Crippen MR) is 126 cm³/mol. The number of amides is 2. The van der Waals surface area contributed by atoms with Gasteiger partial charge in [-0.3, -0.25) is 19.7 Å². The topological polar surface area (TPSA) is 92.6 Å². The van der Waals surface area contributed by atoms with Crippen LogP contribution in [0.1, 0.15) is 43.7 Å². The fourth-order valence-corrected chi connectivity index (χ4v) is 4.68. The highest BCUT2D eigenvalue weighted by atomic mass is 32.2. The van der Waals surface area contributed by atoms with Crippen LogP contribution in [0.2, 0.25) is 0 Å². The third-order valence-corrected chi connectivity index (χ3v) is 6.76. The molecule has 1 N–H and O–H groups in total. The smallest absolute Gasteiger partial charge is 0.269 e. The van der Waals surface area contributed by atoms with Crippen LogP contribution in [0.4, 0.5) is 10.1 Å². The van der Waals surface area contributed by atoms with Crippen LogP contribution in [0, 0.1) is 15.9 Å². The number of carbonyl (C=O) groups is 2. The minimum atomic E-state index is -0.664. The average Bonchev–Trinajstić information content (AvgIpc) is 3.31. The standard InChI is InChI=1S/C24H28FN3O4S/c1-17(24(30)26-21-4-2-3-5-21)27(14-18-6-10-20(25)11-7-18)23(29)16-33-15-19-8-12-22(13-9-19)28(31)32/h6-13,17,21H,2-5,14-16H2,1H3,(H,26,30)/t17-/m0/s1. The fourth-order valence-electron chi connectivity index (χ4n) is 3.81. The lowest BCUT2D eigenvalue weighted by Crippen LogP contribution is -2.50. The van der Waals surface area contributed by atoms with Gasteiger partial charge in [-0.15, -0.1) is 11.8 Å². The first kappa shape index (κ1) is 24.7. The maximum absolute atomic E-state index is 13.3. The van der Waals surface area contributed by atoms with Gasteiger partial charge in [0, 0.05) is 30.5 Å². The van der Waals surface area contributed by atoms with Crippen molar-refractivity contribution in [2.24, 2.45) is 0 Å². The number of rotatable bonds is 10. The molecule has 1 saturated carbocycles. The number of nitrogens with zero attached hydrogens (tertiary/aromatic N) is 2. The zero-order valence-electron chi connectivity index (χ0n) is 18.5. The molecule has 1 aliphatic rings. The van der Waals surface area contributed by atoms with Gasteiger partial charge in [0.2, 0.25) is 11.8 Å². The third kappa shape index (κ3) is 7.28. The van der Waals surface area contributed by atoms with Gasteiger partial charge in [-0.1, -0.05) is 37.1 Å². The van der Waals surface area contributed by atoms with E-state index in [0.717, 1.165) is 36.8 Å². The highest BCUT2D eigenvalue weighted by Gasteiger charge is 2.28. The largest absolute Gasteiger partial charge is 0.352 e. The average molecular weight is 474 g/mol. The van der Waals surface area contributed by atoms with E-state index in [1.807, 2.05) is 0 Å². The van der Waals surface area contributed by atoms with Gasteiger partial charge < -0.3 is 10.2 Å². The van der Waals surface area contributed by atoms with E-state index in [-0.39, 0.29) is 41.7 Å². The van der Waals surface area contributed by atoms with Crippen LogP contribution in [0.3, 0.4) is 0 Å². The maximum Gasteiger partial charge on any atom is 0.269 e.